The molecule has 1 amide bonds. The number of nitrogens with two attached hydrogens (primary N) is 1. The van der Waals surface area contributed by atoms with Gasteiger partial charge in [-0.1, -0.05) is 0 Å². The Balaban J connectivity index is 2.54. The molecule has 1 aliphatic rings. The average Bonchev–Trinajstić information content (AvgIpc) is 2.45. The molecular weight excluding hydrogens is 188 g/mol. The van der Waals surface area contributed by atoms with Crippen molar-refractivity contribution in [3.63, 3.8) is 0 Å². The molecule has 0 saturated carbocycles. The molecule has 80 valence electrons. The number of nitrogens with zero attached hydrogens (tertiary/aromatic N) is 1. The molecule has 0 aromatic heterocycles. The van der Waals surface area contributed by atoms with Gasteiger partial charge in [0.1, 0.15) is 0 Å². The molecule has 6 heteroatoms. The van der Waals surface area contributed by atoms with Crippen LogP contribution in [0, 0.1) is 0 Å². The Kier molecular flexibility index (Phi) is 2.95. The molecular formula is C8H14N2O4. The fourth-order valence-corrected chi connectivity index (χ4v) is 1.63. The van der Waals surface area contributed by atoms with Crippen molar-refractivity contribution < 1.29 is 19.4 Å². The molecule has 0 spiro atoms. The predicted octanol–water partition coefficient (Wildman–Crippen LogP) is -0.369. The number of rotatable bonds is 2. The summed E-state index contributed by atoms with van der Waals surface area (Å²) in [5, 5.41) is 8.61. The highest BCUT2D eigenvalue weighted by atomic mass is 16.5. The van der Waals surface area contributed by atoms with Crippen LogP contribution in [-0.4, -0.2) is 47.8 Å². The molecule has 1 unspecified atom stereocenters. The Morgan fingerprint density at radius 2 is 2.29 bits per heavy atom. The van der Waals surface area contributed by atoms with E-state index in [1.54, 1.807) is 0 Å². The molecule has 1 saturated heterocycles. The van der Waals surface area contributed by atoms with Gasteiger partial charge in [-0.3, -0.25) is 4.79 Å². The van der Waals surface area contributed by atoms with Gasteiger partial charge in [0.2, 0.25) is 0 Å². The first-order valence-electron chi connectivity index (χ1n) is 4.30. The third-order valence-corrected chi connectivity index (χ3v) is 2.32. The molecule has 0 bridgehead atoms. The Hall–Kier alpha value is -1.30. The van der Waals surface area contributed by atoms with Crippen LogP contribution in [0.2, 0.25) is 0 Å². The summed E-state index contributed by atoms with van der Waals surface area (Å²) in [5.74, 6) is -0.945. The molecule has 6 nitrogen and oxygen atoms in total. The average molecular weight is 202 g/mol. The third kappa shape index (κ3) is 2.35. The van der Waals surface area contributed by atoms with E-state index in [4.69, 9.17) is 10.8 Å². The minimum Gasteiger partial charge on any atom is -0.481 e. The quantitative estimate of drug-likeness (QED) is 0.637. The lowest BCUT2D eigenvalue weighted by Crippen LogP contribution is -2.45. The van der Waals surface area contributed by atoms with Crippen LogP contribution < -0.4 is 5.73 Å². The maximum atomic E-state index is 11.1. The van der Waals surface area contributed by atoms with Crippen LogP contribution in [0.1, 0.15) is 12.8 Å². The van der Waals surface area contributed by atoms with Crippen LogP contribution in [0.5, 0.6) is 0 Å². The Morgan fingerprint density at radius 1 is 1.64 bits per heavy atom. The second kappa shape index (κ2) is 3.83. The van der Waals surface area contributed by atoms with E-state index in [2.05, 4.69) is 4.74 Å². The molecule has 0 aromatic rings. The summed E-state index contributed by atoms with van der Waals surface area (Å²) in [6, 6.07) is 0. The van der Waals surface area contributed by atoms with E-state index in [0.717, 1.165) is 0 Å². The van der Waals surface area contributed by atoms with E-state index in [0.29, 0.717) is 13.0 Å². The summed E-state index contributed by atoms with van der Waals surface area (Å²) in [5.41, 5.74) is 5.01. The number of likely N-dealkylation sites (tertiary alicyclic amines) is 1. The third-order valence-electron chi connectivity index (χ3n) is 2.32. The summed E-state index contributed by atoms with van der Waals surface area (Å²) in [4.78, 5) is 23.0. The van der Waals surface area contributed by atoms with Gasteiger partial charge in [-0.25, -0.2) is 4.79 Å². The second-order valence-corrected chi connectivity index (χ2v) is 3.57. The number of carboxylic acids is 1. The normalized spacial score (nSPS) is 26.3. The first-order valence-corrected chi connectivity index (χ1v) is 4.30. The van der Waals surface area contributed by atoms with Crippen molar-refractivity contribution in [3.8, 4) is 0 Å². The van der Waals surface area contributed by atoms with Gasteiger partial charge in [0.25, 0.3) is 0 Å². The zero-order chi connectivity index (χ0) is 10.8. The van der Waals surface area contributed by atoms with Gasteiger partial charge in [0.05, 0.1) is 13.5 Å². The van der Waals surface area contributed by atoms with Crippen molar-refractivity contribution in [2.24, 2.45) is 5.73 Å². The summed E-state index contributed by atoms with van der Waals surface area (Å²) in [6.45, 7) is 0.697. The number of amides is 1. The van der Waals surface area contributed by atoms with Crippen molar-refractivity contribution >= 4 is 12.1 Å². The minimum absolute atomic E-state index is 0.125. The fourth-order valence-electron chi connectivity index (χ4n) is 1.63. The lowest BCUT2D eigenvalue weighted by molar-refractivity contribution is -0.138. The van der Waals surface area contributed by atoms with E-state index >= 15 is 0 Å². The molecule has 3 N–H and O–H groups in total. The topological polar surface area (TPSA) is 92.9 Å². The smallest absolute Gasteiger partial charge is 0.409 e. The number of carbonyl (C=O) groups excluding carboxylic acids is 1. The first-order chi connectivity index (χ1) is 6.47. The molecule has 0 aromatic carbocycles. The highest BCUT2D eigenvalue weighted by Crippen LogP contribution is 2.22. The Morgan fingerprint density at radius 3 is 2.79 bits per heavy atom. The summed E-state index contributed by atoms with van der Waals surface area (Å²) >= 11 is 0. The van der Waals surface area contributed by atoms with E-state index < -0.39 is 17.6 Å². The molecule has 1 rings (SSSR count). The zero-order valence-corrected chi connectivity index (χ0v) is 8.02. The van der Waals surface area contributed by atoms with Crippen LogP contribution in [0.4, 0.5) is 4.79 Å². The summed E-state index contributed by atoms with van der Waals surface area (Å²) in [7, 11) is 1.29. The first kappa shape index (κ1) is 10.8. The Labute approximate surface area is 81.6 Å². The molecule has 1 aliphatic heterocycles. The zero-order valence-electron chi connectivity index (χ0n) is 8.02. The van der Waals surface area contributed by atoms with Crippen LogP contribution in [0.15, 0.2) is 0 Å². The van der Waals surface area contributed by atoms with Gasteiger partial charge in [-0.15, -0.1) is 0 Å². The number of hydrogen-bond acceptors (Lipinski definition) is 4. The van der Waals surface area contributed by atoms with Crippen molar-refractivity contribution in [1.29, 1.82) is 0 Å². The van der Waals surface area contributed by atoms with Crippen LogP contribution in [0.3, 0.4) is 0 Å². The highest BCUT2D eigenvalue weighted by molar-refractivity contribution is 5.70. The summed E-state index contributed by atoms with van der Waals surface area (Å²) in [6.07, 6.45) is -0.0859. The van der Waals surface area contributed by atoms with Crippen molar-refractivity contribution in [2.45, 2.75) is 18.4 Å². The molecule has 1 fully saturated rings. The van der Waals surface area contributed by atoms with E-state index in [9.17, 15) is 9.59 Å². The van der Waals surface area contributed by atoms with E-state index in [1.165, 1.54) is 12.0 Å². The minimum atomic E-state index is -0.945. The summed E-state index contributed by atoms with van der Waals surface area (Å²) < 4.78 is 4.52. The number of hydrogen-bond donors (Lipinski definition) is 2. The molecule has 1 atom stereocenters. The lowest BCUT2D eigenvalue weighted by atomic mass is 9.96. The van der Waals surface area contributed by atoms with Gasteiger partial charge < -0.3 is 20.5 Å². The van der Waals surface area contributed by atoms with Crippen molar-refractivity contribution in [2.75, 3.05) is 20.2 Å². The SMILES string of the molecule is COC(=O)N1CCC(N)(CC(=O)O)C1. The Bertz CT molecular complexity index is 256. The predicted molar refractivity (Wildman–Crippen MR) is 47.8 cm³/mol. The number of carbonyl (C=O) groups is 2. The largest absolute Gasteiger partial charge is 0.481 e. The maximum absolute atomic E-state index is 11.1. The van der Waals surface area contributed by atoms with Gasteiger partial charge in [0.15, 0.2) is 0 Å². The second-order valence-electron chi connectivity index (χ2n) is 3.57. The number of methoxy groups -OCH3 is 1. The van der Waals surface area contributed by atoms with Crippen molar-refractivity contribution in [1.82, 2.24) is 4.90 Å². The van der Waals surface area contributed by atoms with Gasteiger partial charge in [0, 0.05) is 18.6 Å². The van der Waals surface area contributed by atoms with Gasteiger partial charge in [-0.2, -0.15) is 0 Å². The molecule has 14 heavy (non-hydrogen) atoms. The van der Waals surface area contributed by atoms with E-state index in [-0.39, 0.29) is 13.0 Å². The van der Waals surface area contributed by atoms with Crippen LogP contribution in [-0.2, 0) is 9.53 Å². The van der Waals surface area contributed by atoms with Crippen LogP contribution >= 0.6 is 0 Å². The molecule has 0 radical (unpaired) electrons. The fraction of sp³-hybridized carbons (Fsp3) is 0.750. The standard InChI is InChI=1S/C8H14N2O4/c1-14-7(13)10-3-2-8(9,5-10)4-6(11)12/h2-5,9H2,1H3,(H,11,12). The monoisotopic (exact) mass is 202 g/mol. The number of ether oxygens (including phenoxy) is 1. The maximum Gasteiger partial charge on any atom is 0.409 e. The lowest BCUT2D eigenvalue weighted by Gasteiger charge is -2.21. The van der Waals surface area contributed by atoms with Gasteiger partial charge >= 0.3 is 12.1 Å². The highest BCUT2D eigenvalue weighted by Gasteiger charge is 2.38. The van der Waals surface area contributed by atoms with Crippen LogP contribution in [0.25, 0.3) is 0 Å². The molecule has 1 heterocycles. The number of carboxylic acid groups (broad SMARTS) is 1. The molecule has 0 aliphatic carbocycles. The van der Waals surface area contributed by atoms with Crippen molar-refractivity contribution in [3.05, 3.63) is 0 Å². The van der Waals surface area contributed by atoms with Gasteiger partial charge in [-0.05, 0) is 6.42 Å². The van der Waals surface area contributed by atoms with E-state index in [1.807, 2.05) is 0 Å². The number of aliphatic carboxylic acids is 1.